The van der Waals surface area contributed by atoms with Crippen molar-refractivity contribution in [3.8, 4) is 5.69 Å². The SMILES string of the molecule is Cc1cnc(CNC(=O)c2cc(-n3cccn3)ccc2Cl)cn1. The van der Waals surface area contributed by atoms with E-state index in [1.165, 1.54) is 0 Å². The minimum absolute atomic E-state index is 0.272. The number of aromatic nitrogens is 4. The summed E-state index contributed by atoms with van der Waals surface area (Å²) < 4.78 is 1.67. The van der Waals surface area contributed by atoms with Crippen molar-refractivity contribution in [2.75, 3.05) is 0 Å². The lowest BCUT2D eigenvalue weighted by molar-refractivity contribution is 0.0950. The summed E-state index contributed by atoms with van der Waals surface area (Å²) in [7, 11) is 0. The molecule has 3 aromatic rings. The Labute approximate surface area is 138 Å². The molecule has 7 heteroatoms. The van der Waals surface area contributed by atoms with Gasteiger partial charge in [-0.05, 0) is 31.2 Å². The van der Waals surface area contributed by atoms with E-state index in [9.17, 15) is 4.79 Å². The monoisotopic (exact) mass is 327 g/mol. The molecule has 0 bridgehead atoms. The fourth-order valence-corrected chi connectivity index (χ4v) is 2.23. The highest BCUT2D eigenvalue weighted by Gasteiger charge is 2.12. The van der Waals surface area contributed by atoms with Crippen LogP contribution in [0.3, 0.4) is 0 Å². The number of amides is 1. The number of hydrogen-bond donors (Lipinski definition) is 1. The second-order valence-corrected chi connectivity index (χ2v) is 5.35. The second kappa shape index (κ2) is 6.58. The molecule has 0 aliphatic carbocycles. The van der Waals surface area contributed by atoms with Crippen LogP contribution in [0.1, 0.15) is 21.7 Å². The smallest absolute Gasteiger partial charge is 0.253 e. The zero-order valence-electron chi connectivity index (χ0n) is 12.4. The predicted octanol–water partition coefficient (Wildman–Crippen LogP) is 2.55. The zero-order chi connectivity index (χ0) is 16.2. The first-order valence-corrected chi connectivity index (χ1v) is 7.36. The van der Waals surface area contributed by atoms with Gasteiger partial charge in [-0.2, -0.15) is 5.10 Å². The van der Waals surface area contributed by atoms with Crippen molar-refractivity contribution in [2.24, 2.45) is 0 Å². The lowest BCUT2D eigenvalue weighted by atomic mass is 10.2. The van der Waals surface area contributed by atoms with E-state index < -0.39 is 0 Å². The molecule has 0 radical (unpaired) electrons. The van der Waals surface area contributed by atoms with Gasteiger partial charge in [-0.25, -0.2) is 4.68 Å². The quantitative estimate of drug-likeness (QED) is 0.799. The third-order valence-electron chi connectivity index (χ3n) is 3.23. The molecule has 1 N–H and O–H groups in total. The Bertz CT molecular complexity index is 815. The summed E-state index contributed by atoms with van der Waals surface area (Å²) in [6.07, 6.45) is 6.77. The first kappa shape index (κ1) is 15.2. The standard InChI is InChI=1S/C16H14ClN5O/c1-11-8-19-12(9-18-11)10-20-16(23)14-7-13(3-4-15(14)17)22-6-2-5-21-22/h2-9H,10H2,1H3,(H,20,23). The molecular formula is C16H14ClN5O. The fourth-order valence-electron chi connectivity index (χ4n) is 2.03. The van der Waals surface area contributed by atoms with Crippen LogP contribution in [-0.2, 0) is 6.54 Å². The molecule has 0 fully saturated rings. The summed E-state index contributed by atoms with van der Waals surface area (Å²) in [5.41, 5.74) is 2.66. The van der Waals surface area contributed by atoms with Crippen LogP contribution in [0.25, 0.3) is 5.69 Å². The molecule has 6 nitrogen and oxygen atoms in total. The lowest BCUT2D eigenvalue weighted by Gasteiger charge is -2.09. The maximum atomic E-state index is 12.4. The van der Waals surface area contributed by atoms with Crippen molar-refractivity contribution in [1.29, 1.82) is 0 Å². The van der Waals surface area contributed by atoms with Crippen molar-refractivity contribution < 1.29 is 4.79 Å². The highest BCUT2D eigenvalue weighted by molar-refractivity contribution is 6.33. The van der Waals surface area contributed by atoms with Gasteiger partial charge in [-0.3, -0.25) is 14.8 Å². The first-order valence-electron chi connectivity index (χ1n) is 6.99. The van der Waals surface area contributed by atoms with E-state index in [1.54, 1.807) is 47.7 Å². The van der Waals surface area contributed by atoms with E-state index >= 15 is 0 Å². The van der Waals surface area contributed by atoms with Crippen LogP contribution in [0.2, 0.25) is 5.02 Å². The number of nitrogens with zero attached hydrogens (tertiary/aromatic N) is 4. The van der Waals surface area contributed by atoms with E-state index in [2.05, 4.69) is 20.4 Å². The maximum absolute atomic E-state index is 12.4. The Morgan fingerprint density at radius 3 is 2.87 bits per heavy atom. The van der Waals surface area contributed by atoms with Gasteiger partial charge in [0.05, 0.1) is 40.4 Å². The molecule has 3 rings (SSSR count). The summed E-state index contributed by atoms with van der Waals surface area (Å²) in [5.74, 6) is -0.272. The fraction of sp³-hybridized carbons (Fsp3) is 0.125. The minimum Gasteiger partial charge on any atom is -0.346 e. The normalized spacial score (nSPS) is 10.5. The van der Waals surface area contributed by atoms with E-state index in [1.807, 2.05) is 13.0 Å². The molecule has 0 aliphatic rings. The number of hydrogen-bond acceptors (Lipinski definition) is 4. The minimum atomic E-state index is -0.272. The number of nitrogens with one attached hydrogen (secondary N) is 1. The van der Waals surface area contributed by atoms with Crippen LogP contribution in [0.15, 0.2) is 49.1 Å². The Morgan fingerprint density at radius 1 is 1.30 bits per heavy atom. The molecule has 23 heavy (non-hydrogen) atoms. The van der Waals surface area contributed by atoms with Crippen LogP contribution < -0.4 is 5.32 Å². The van der Waals surface area contributed by atoms with Gasteiger partial charge in [0.2, 0.25) is 0 Å². The number of halogens is 1. The number of benzene rings is 1. The Balaban J connectivity index is 1.76. The van der Waals surface area contributed by atoms with Crippen molar-refractivity contribution in [2.45, 2.75) is 13.5 Å². The highest BCUT2D eigenvalue weighted by atomic mass is 35.5. The summed E-state index contributed by atoms with van der Waals surface area (Å²) >= 11 is 6.14. The lowest BCUT2D eigenvalue weighted by Crippen LogP contribution is -2.24. The van der Waals surface area contributed by atoms with Gasteiger partial charge in [-0.1, -0.05) is 11.6 Å². The van der Waals surface area contributed by atoms with Gasteiger partial charge in [0.25, 0.3) is 5.91 Å². The summed E-state index contributed by atoms with van der Waals surface area (Å²) in [6.45, 7) is 2.14. The van der Waals surface area contributed by atoms with Crippen molar-refractivity contribution >= 4 is 17.5 Å². The van der Waals surface area contributed by atoms with Gasteiger partial charge in [-0.15, -0.1) is 0 Å². The molecule has 0 spiro atoms. The van der Waals surface area contributed by atoms with Gasteiger partial charge >= 0.3 is 0 Å². The van der Waals surface area contributed by atoms with Gasteiger partial charge < -0.3 is 5.32 Å². The summed E-state index contributed by atoms with van der Waals surface area (Å²) in [6, 6.07) is 6.99. The number of aryl methyl sites for hydroxylation is 1. The average molecular weight is 328 g/mol. The molecule has 1 amide bonds. The molecule has 116 valence electrons. The van der Waals surface area contributed by atoms with E-state index in [0.29, 0.717) is 16.3 Å². The molecule has 2 aromatic heterocycles. The summed E-state index contributed by atoms with van der Waals surface area (Å²) in [5, 5.41) is 7.32. The third-order valence-corrected chi connectivity index (χ3v) is 3.56. The molecular weight excluding hydrogens is 314 g/mol. The highest BCUT2D eigenvalue weighted by Crippen LogP contribution is 2.19. The average Bonchev–Trinajstić information content (AvgIpc) is 3.09. The molecule has 1 aromatic carbocycles. The number of rotatable bonds is 4. The number of carbonyl (C=O) groups excluding carboxylic acids is 1. The third kappa shape index (κ3) is 3.54. The molecule has 2 heterocycles. The first-order chi connectivity index (χ1) is 11.1. The van der Waals surface area contributed by atoms with Crippen molar-refractivity contribution in [1.82, 2.24) is 25.1 Å². The van der Waals surface area contributed by atoms with Crippen LogP contribution in [0.4, 0.5) is 0 Å². The van der Waals surface area contributed by atoms with Gasteiger partial charge in [0.15, 0.2) is 0 Å². The second-order valence-electron chi connectivity index (χ2n) is 4.95. The molecule has 0 aliphatic heterocycles. The molecule has 0 unspecified atom stereocenters. The molecule has 0 atom stereocenters. The topological polar surface area (TPSA) is 72.7 Å². The van der Waals surface area contributed by atoms with Gasteiger partial charge in [0, 0.05) is 18.6 Å². The van der Waals surface area contributed by atoms with E-state index in [0.717, 1.165) is 11.4 Å². The Hall–Kier alpha value is -2.73. The van der Waals surface area contributed by atoms with Crippen LogP contribution in [0.5, 0.6) is 0 Å². The Morgan fingerprint density at radius 2 is 2.17 bits per heavy atom. The van der Waals surface area contributed by atoms with Crippen LogP contribution in [0, 0.1) is 6.92 Å². The largest absolute Gasteiger partial charge is 0.346 e. The number of carbonyl (C=O) groups is 1. The molecule has 0 saturated carbocycles. The molecule has 0 saturated heterocycles. The zero-order valence-corrected chi connectivity index (χ0v) is 13.2. The van der Waals surface area contributed by atoms with Crippen molar-refractivity contribution in [3.63, 3.8) is 0 Å². The van der Waals surface area contributed by atoms with Crippen LogP contribution in [-0.4, -0.2) is 25.7 Å². The van der Waals surface area contributed by atoms with Crippen molar-refractivity contribution in [3.05, 3.63) is 71.0 Å². The predicted molar refractivity (Wildman–Crippen MR) is 86.5 cm³/mol. The Kier molecular flexibility index (Phi) is 4.34. The van der Waals surface area contributed by atoms with E-state index in [4.69, 9.17) is 11.6 Å². The van der Waals surface area contributed by atoms with Gasteiger partial charge in [0.1, 0.15) is 0 Å². The van der Waals surface area contributed by atoms with E-state index in [-0.39, 0.29) is 12.5 Å². The maximum Gasteiger partial charge on any atom is 0.253 e. The van der Waals surface area contributed by atoms with Crippen LogP contribution >= 0.6 is 11.6 Å². The summed E-state index contributed by atoms with van der Waals surface area (Å²) in [4.78, 5) is 20.7.